The number of hydrogen-bond donors (Lipinski definition) is 0. The van der Waals surface area contributed by atoms with Gasteiger partial charge < -0.3 is 13.7 Å². The highest BCUT2D eigenvalue weighted by Crippen LogP contribution is 2.20. The molecule has 1 aromatic rings. The van der Waals surface area contributed by atoms with Crippen molar-refractivity contribution >= 4 is 26.8 Å². The molecule has 0 aliphatic carbocycles. The molecule has 0 atom stereocenters. The molecule has 1 saturated heterocycles. The summed E-state index contributed by atoms with van der Waals surface area (Å²) in [5.41, 5.74) is 2.43. The highest BCUT2D eigenvalue weighted by atomic mass is 16.7. The van der Waals surface area contributed by atoms with Gasteiger partial charge in [-0.25, -0.2) is 0 Å². The largest absolute Gasteiger partial charge is 0.467 e. The highest BCUT2D eigenvalue weighted by molar-refractivity contribution is 6.83. The maximum Gasteiger partial charge on any atom is 0.467 e. The van der Waals surface area contributed by atoms with Crippen molar-refractivity contribution in [3.05, 3.63) is 104 Å². The molecule has 6 heteroatoms. The van der Waals surface area contributed by atoms with E-state index in [4.69, 9.17) is 13.7 Å². The topological polar surface area (TPSA) is 27.7 Å². The molecule has 2 rings (SSSR count). The molecule has 3 nitrogen and oxygen atoms in total. The molecule has 0 amide bonds. The first kappa shape index (κ1) is 29.9. The van der Waals surface area contributed by atoms with E-state index in [2.05, 4.69) is 26.3 Å². The monoisotopic (exact) mass is 406 g/mol. The van der Waals surface area contributed by atoms with Gasteiger partial charge in [-0.1, -0.05) is 135 Å². The van der Waals surface area contributed by atoms with Crippen LogP contribution >= 0.6 is 0 Å². The van der Waals surface area contributed by atoms with Crippen LogP contribution in [0.3, 0.4) is 0 Å². The molecule has 0 saturated carbocycles. The number of rotatable bonds is 7. The van der Waals surface area contributed by atoms with Crippen molar-refractivity contribution in [1.82, 2.24) is 0 Å². The summed E-state index contributed by atoms with van der Waals surface area (Å²) in [6.07, 6.45) is 10.3. The Morgan fingerprint density at radius 1 is 0.667 bits per heavy atom. The van der Waals surface area contributed by atoms with Gasteiger partial charge in [-0.3, -0.25) is 0 Å². The average molecular weight is 406 g/mol. The summed E-state index contributed by atoms with van der Waals surface area (Å²) in [7, 11) is -1.83. The summed E-state index contributed by atoms with van der Waals surface area (Å²) in [6, 6.07) is 9.70. The Kier molecular flexibility index (Phi) is 20.0. The molecule has 1 fully saturated rings. The molecule has 0 bridgehead atoms. The Hall–Kier alpha value is -2.27. The molecular formula is C24H37B3O3. The molecule has 1 aliphatic heterocycles. The average Bonchev–Trinajstić information content (AvgIpc) is 2.85. The van der Waals surface area contributed by atoms with Crippen LogP contribution in [0.5, 0.6) is 0 Å². The SMILES string of the molecule is C=C/C=C(\C=C)B1OB(/C(C=C)=C/C=C)OB(c2ccccc2)O1.CC.CC.CC. The van der Waals surface area contributed by atoms with Gasteiger partial charge in [0.1, 0.15) is 0 Å². The Balaban J connectivity index is 0. The number of allylic oxidation sites excluding steroid dienone is 8. The first-order valence-electron chi connectivity index (χ1n) is 10.6. The molecule has 0 aromatic heterocycles. The molecule has 0 radical (unpaired) electrons. The van der Waals surface area contributed by atoms with Gasteiger partial charge in [0.15, 0.2) is 0 Å². The van der Waals surface area contributed by atoms with E-state index < -0.39 is 21.4 Å². The third-order valence-corrected chi connectivity index (χ3v) is 3.45. The smallest absolute Gasteiger partial charge is 0.445 e. The lowest BCUT2D eigenvalue weighted by Gasteiger charge is -2.32. The van der Waals surface area contributed by atoms with Crippen LogP contribution < -0.4 is 5.46 Å². The fourth-order valence-corrected chi connectivity index (χ4v) is 2.27. The molecule has 0 N–H and O–H groups in total. The zero-order valence-corrected chi connectivity index (χ0v) is 19.6. The molecule has 1 aliphatic rings. The second-order valence-electron chi connectivity index (χ2n) is 5.03. The Bertz CT molecular complexity index is 632. The van der Waals surface area contributed by atoms with E-state index in [0.717, 1.165) is 16.4 Å². The quantitative estimate of drug-likeness (QED) is 0.400. The molecular weight excluding hydrogens is 369 g/mol. The first-order chi connectivity index (χ1) is 14.7. The summed E-state index contributed by atoms with van der Waals surface area (Å²) in [5, 5.41) is 0. The van der Waals surface area contributed by atoms with Crippen LogP contribution in [-0.2, 0) is 13.7 Å². The third-order valence-electron chi connectivity index (χ3n) is 3.45. The minimum Gasteiger partial charge on any atom is -0.445 e. The third kappa shape index (κ3) is 9.97. The fourth-order valence-electron chi connectivity index (χ4n) is 2.27. The van der Waals surface area contributed by atoms with Crippen LogP contribution in [0.4, 0.5) is 0 Å². The number of benzene rings is 1. The van der Waals surface area contributed by atoms with Crippen molar-refractivity contribution in [2.45, 2.75) is 41.5 Å². The maximum atomic E-state index is 5.96. The van der Waals surface area contributed by atoms with E-state index in [-0.39, 0.29) is 0 Å². The molecule has 30 heavy (non-hydrogen) atoms. The van der Waals surface area contributed by atoms with Crippen LogP contribution in [0, 0.1) is 0 Å². The fraction of sp³-hybridized carbons (Fsp3) is 0.250. The minimum atomic E-state index is -0.627. The van der Waals surface area contributed by atoms with Gasteiger partial charge in [0.05, 0.1) is 0 Å². The zero-order valence-electron chi connectivity index (χ0n) is 19.6. The highest BCUT2D eigenvalue weighted by Gasteiger charge is 2.43. The van der Waals surface area contributed by atoms with Gasteiger partial charge in [-0.15, -0.1) is 0 Å². The molecule has 160 valence electrons. The van der Waals surface area contributed by atoms with Gasteiger partial charge in [0.2, 0.25) is 0 Å². The van der Waals surface area contributed by atoms with Gasteiger partial charge in [0.25, 0.3) is 0 Å². The molecule has 1 aromatic carbocycles. The maximum absolute atomic E-state index is 5.96. The van der Waals surface area contributed by atoms with E-state index >= 15 is 0 Å². The van der Waals surface area contributed by atoms with E-state index in [1.165, 1.54) is 0 Å². The summed E-state index contributed by atoms with van der Waals surface area (Å²) in [5.74, 6) is 0. The van der Waals surface area contributed by atoms with Gasteiger partial charge in [-0.05, 0) is 16.4 Å². The van der Waals surface area contributed by atoms with Crippen molar-refractivity contribution in [1.29, 1.82) is 0 Å². The van der Waals surface area contributed by atoms with Crippen LogP contribution in [0.15, 0.2) is 104 Å². The van der Waals surface area contributed by atoms with Crippen LogP contribution in [0.25, 0.3) is 0 Å². The van der Waals surface area contributed by atoms with E-state index in [1.54, 1.807) is 36.5 Å². The Morgan fingerprint density at radius 2 is 1.07 bits per heavy atom. The van der Waals surface area contributed by atoms with Gasteiger partial charge in [0, 0.05) is 0 Å². The Labute approximate surface area is 186 Å². The minimum absolute atomic E-state index is 0.573. The standard InChI is InChI=1S/C18H19B3O3.3C2H6/c1-5-12-16(7-3)19-22-20(17(8-4)13-6-2)24-21(23-19)18-14-10-9-11-15-18;3*1-2/h5-15H,1-4H2;3*1-2H3/b16-12+,17-13+;;;. The van der Waals surface area contributed by atoms with Gasteiger partial charge >= 0.3 is 21.4 Å². The van der Waals surface area contributed by atoms with Crippen LogP contribution in [0.1, 0.15) is 41.5 Å². The molecule has 0 unspecified atom stereocenters. The lowest BCUT2D eigenvalue weighted by atomic mass is 9.60. The normalized spacial score (nSPS) is 13.3. The lowest BCUT2D eigenvalue weighted by molar-refractivity contribution is 0.303. The van der Waals surface area contributed by atoms with Crippen molar-refractivity contribution in [2.75, 3.05) is 0 Å². The lowest BCUT2D eigenvalue weighted by Crippen LogP contribution is -2.55. The molecule has 0 spiro atoms. The van der Waals surface area contributed by atoms with Crippen LogP contribution in [0.2, 0.25) is 0 Å². The van der Waals surface area contributed by atoms with Crippen molar-refractivity contribution in [3.63, 3.8) is 0 Å². The zero-order chi connectivity index (χ0) is 23.4. The van der Waals surface area contributed by atoms with Crippen molar-refractivity contribution in [2.24, 2.45) is 0 Å². The van der Waals surface area contributed by atoms with E-state index in [0.29, 0.717) is 0 Å². The second-order valence-corrected chi connectivity index (χ2v) is 5.03. The second kappa shape index (κ2) is 20.0. The predicted octanol–water partition coefficient (Wildman–Crippen LogP) is 6.18. The van der Waals surface area contributed by atoms with Crippen molar-refractivity contribution < 1.29 is 13.7 Å². The van der Waals surface area contributed by atoms with Crippen LogP contribution in [-0.4, -0.2) is 21.4 Å². The Morgan fingerprint density at radius 3 is 1.40 bits per heavy atom. The van der Waals surface area contributed by atoms with E-state index in [1.807, 2.05) is 71.9 Å². The summed E-state index contributed by atoms with van der Waals surface area (Å²) in [6.45, 7) is 27.0. The van der Waals surface area contributed by atoms with E-state index in [9.17, 15) is 0 Å². The first-order valence-corrected chi connectivity index (χ1v) is 10.6. The summed E-state index contributed by atoms with van der Waals surface area (Å²) < 4.78 is 17.9. The predicted molar refractivity (Wildman–Crippen MR) is 138 cm³/mol. The molecule has 1 heterocycles. The summed E-state index contributed by atoms with van der Waals surface area (Å²) in [4.78, 5) is 0. The van der Waals surface area contributed by atoms with Crippen molar-refractivity contribution in [3.8, 4) is 0 Å². The summed E-state index contributed by atoms with van der Waals surface area (Å²) >= 11 is 0. The number of hydrogen-bond acceptors (Lipinski definition) is 3. The van der Waals surface area contributed by atoms with Gasteiger partial charge in [-0.2, -0.15) is 0 Å².